The molecule has 1 saturated carbocycles. The van der Waals surface area contributed by atoms with Gasteiger partial charge in [0.05, 0.1) is 6.54 Å². The van der Waals surface area contributed by atoms with Crippen molar-refractivity contribution < 1.29 is 9.53 Å². The lowest BCUT2D eigenvalue weighted by atomic mass is 9.78. The fourth-order valence-corrected chi connectivity index (χ4v) is 4.45. The van der Waals surface area contributed by atoms with Crippen LogP contribution in [0.2, 0.25) is 0 Å². The lowest BCUT2D eigenvalue weighted by Gasteiger charge is -2.35. The number of carbonyl (C=O) groups excluding carboxylic acids is 1. The zero-order chi connectivity index (χ0) is 21.1. The van der Waals surface area contributed by atoms with E-state index in [9.17, 15) is 4.79 Å². The van der Waals surface area contributed by atoms with Crippen molar-refractivity contribution in [3.8, 4) is 11.1 Å². The lowest BCUT2D eigenvalue weighted by molar-refractivity contribution is 0.0148. The predicted molar refractivity (Wildman–Crippen MR) is 133 cm³/mol. The molecule has 7 nitrogen and oxygen atoms in total. The second kappa shape index (κ2) is 10.8. The molecule has 9 heteroatoms. The number of nitrogens with one attached hydrogen (secondary N) is 1. The summed E-state index contributed by atoms with van der Waals surface area (Å²) in [5.74, 6) is 1.98. The van der Waals surface area contributed by atoms with E-state index >= 15 is 0 Å². The Morgan fingerprint density at radius 1 is 1.00 bits per heavy atom. The molecule has 1 aliphatic carbocycles. The number of ether oxygens (including phenoxy) is 1. The monoisotopic (exact) mass is 487 g/mol. The van der Waals surface area contributed by atoms with Crippen molar-refractivity contribution >= 4 is 42.5 Å². The highest BCUT2D eigenvalue weighted by Crippen LogP contribution is 2.40. The van der Waals surface area contributed by atoms with Gasteiger partial charge in [-0.3, -0.25) is 4.90 Å². The molecule has 2 aliphatic rings. The van der Waals surface area contributed by atoms with Crippen LogP contribution in [0.15, 0.2) is 67.0 Å². The van der Waals surface area contributed by atoms with Crippen molar-refractivity contribution in [1.82, 2.24) is 15.2 Å². The van der Waals surface area contributed by atoms with Gasteiger partial charge in [0.25, 0.3) is 0 Å². The Kier molecular flexibility index (Phi) is 8.10. The normalized spacial score (nSPS) is 21.6. The molecule has 0 bridgehead atoms. The van der Waals surface area contributed by atoms with Gasteiger partial charge >= 0.3 is 6.09 Å². The van der Waals surface area contributed by atoms with E-state index in [1.807, 2.05) is 30.5 Å². The van der Waals surface area contributed by atoms with Gasteiger partial charge in [0.1, 0.15) is 11.4 Å². The summed E-state index contributed by atoms with van der Waals surface area (Å²) in [5, 5.41) is 11.4. The van der Waals surface area contributed by atoms with Crippen LogP contribution in [0.25, 0.3) is 11.1 Å². The van der Waals surface area contributed by atoms with Gasteiger partial charge in [0.2, 0.25) is 0 Å². The van der Waals surface area contributed by atoms with E-state index in [4.69, 9.17) is 4.74 Å². The number of nitrogens with zero attached hydrogens (tertiary/aromatic N) is 4. The van der Waals surface area contributed by atoms with E-state index in [2.05, 4.69) is 38.7 Å². The van der Waals surface area contributed by atoms with Crippen molar-refractivity contribution in [2.24, 2.45) is 5.92 Å². The van der Waals surface area contributed by atoms with Gasteiger partial charge in [-0.1, -0.05) is 30.3 Å². The second-order valence-electron chi connectivity index (χ2n) is 8.34. The van der Waals surface area contributed by atoms with Crippen molar-refractivity contribution in [3.05, 3.63) is 67.0 Å². The molecule has 1 aliphatic heterocycles. The van der Waals surface area contributed by atoms with Crippen LogP contribution in [0.1, 0.15) is 25.7 Å². The minimum Gasteiger partial charge on any atom is -0.441 e. The summed E-state index contributed by atoms with van der Waals surface area (Å²) in [7, 11) is 0. The molecule has 3 heterocycles. The average Bonchev–Trinajstić information content (AvgIpc) is 3.16. The van der Waals surface area contributed by atoms with E-state index in [-0.39, 0.29) is 30.9 Å². The van der Waals surface area contributed by atoms with Crippen LogP contribution in [0, 0.1) is 5.92 Å². The number of halogens is 2. The van der Waals surface area contributed by atoms with Crippen molar-refractivity contribution in [2.45, 2.75) is 31.3 Å². The summed E-state index contributed by atoms with van der Waals surface area (Å²) in [4.78, 5) is 18.6. The molecule has 0 unspecified atom stereocenters. The Labute approximate surface area is 205 Å². The SMILES string of the molecule is Cl.Cl.O=C1O[C@]2(CC[C@H](CNc3ccc(-c4ccccc4)cn3)CC2)CN1c1cccnn1. The third kappa shape index (κ3) is 5.54. The number of hydrogen-bond acceptors (Lipinski definition) is 6. The molecule has 33 heavy (non-hydrogen) atoms. The first-order valence-corrected chi connectivity index (χ1v) is 10.7. The van der Waals surface area contributed by atoms with Crippen LogP contribution in [0.5, 0.6) is 0 Å². The van der Waals surface area contributed by atoms with E-state index in [0.29, 0.717) is 18.3 Å². The number of aromatic nitrogens is 3. The Bertz CT molecular complexity index is 1030. The first-order valence-electron chi connectivity index (χ1n) is 10.7. The molecule has 1 amide bonds. The molecule has 1 N–H and O–H groups in total. The van der Waals surface area contributed by atoms with Crippen LogP contribution in [0.3, 0.4) is 0 Å². The topological polar surface area (TPSA) is 80.2 Å². The van der Waals surface area contributed by atoms with Crippen LogP contribution in [-0.4, -0.2) is 40.0 Å². The fraction of sp³-hybridized carbons (Fsp3) is 0.333. The first kappa shape index (κ1) is 24.7. The highest BCUT2D eigenvalue weighted by atomic mass is 35.5. The minimum absolute atomic E-state index is 0. The average molecular weight is 488 g/mol. The van der Waals surface area contributed by atoms with Crippen LogP contribution in [0.4, 0.5) is 16.4 Å². The molecule has 1 aromatic carbocycles. The van der Waals surface area contributed by atoms with E-state index in [1.165, 1.54) is 5.56 Å². The smallest absolute Gasteiger partial charge is 0.416 e. The Morgan fingerprint density at radius 3 is 2.45 bits per heavy atom. The predicted octanol–water partition coefficient (Wildman–Crippen LogP) is 5.38. The molecule has 1 saturated heterocycles. The van der Waals surface area contributed by atoms with Crippen molar-refractivity contribution in [2.75, 3.05) is 23.3 Å². The molecule has 2 aromatic heterocycles. The van der Waals surface area contributed by atoms with Gasteiger partial charge in [-0.15, -0.1) is 29.9 Å². The molecule has 1 spiro atoms. The Hall–Kier alpha value is -2.90. The molecule has 174 valence electrons. The molecule has 0 atom stereocenters. The molecule has 2 fully saturated rings. The number of carbonyl (C=O) groups is 1. The summed E-state index contributed by atoms with van der Waals surface area (Å²) in [6.07, 6.45) is 6.94. The van der Waals surface area contributed by atoms with Gasteiger partial charge in [0.15, 0.2) is 5.82 Å². The van der Waals surface area contributed by atoms with Gasteiger partial charge in [-0.2, -0.15) is 5.10 Å². The van der Waals surface area contributed by atoms with Crippen molar-refractivity contribution in [1.29, 1.82) is 0 Å². The maximum Gasteiger partial charge on any atom is 0.416 e. The summed E-state index contributed by atoms with van der Waals surface area (Å²) >= 11 is 0. The zero-order valence-corrected chi connectivity index (χ0v) is 19.7. The fourth-order valence-electron chi connectivity index (χ4n) is 4.45. The van der Waals surface area contributed by atoms with E-state index < -0.39 is 5.60 Å². The third-order valence-electron chi connectivity index (χ3n) is 6.26. The quantitative estimate of drug-likeness (QED) is 0.520. The third-order valence-corrected chi connectivity index (χ3v) is 6.26. The van der Waals surface area contributed by atoms with Crippen LogP contribution >= 0.6 is 24.8 Å². The van der Waals surface area contributed by atoms with Gasteiger partial charge in [-0.25, -0.2) is 9.78 Å². The zero-order valence-electron chi connectivity index (χ0n) is 18.1. The lowest BCUT2D eigenvalue weighted by Crippen LogP contribution is -2.39. The molecule has 5 rings (SSSR count). The van der Waals surface area contributed by atoms with Gasteiger partial charge in [-0.05, 0) is 61.4 Å². The first-order chi connectivity index (χ1) is 15.2. The molecule has 0 radical (unpaired) electrons. The number of hydrogen-bond donors (Lipinski definition) is 1. The number of anilines is 2. The summed E-state index contributed by atoms with van der Waals surface area (Å²) in [6, 6.07) is 18.0. The highest BCUT2D eigenvalue weighted by Gasteiger charge is 2.48. The summed E-state index contributed by atoms with van der Waals surface area (Å²) in [6.45, 7) is 1.42. The Morgan fingerprint density at radius 2 is 1.79 bits per heavy atom. The number of amides is 1. The Balaban J connectivity index is 0.00000153. The minimum atomic E-state index is -0.402. The van der Waals surface area contributed by atoms with Crippen LogP contribution < -0.4 is 10.2 Å². The maximum absolute atomic E-state index is 12.4. The number of pyridine rings is 1. The van der Waals surface area contributed by atoms with Gasteiger partial charge < -0.3 is 10.1 Å². The standard InChI is InChI=1S/C24H25N5O2.2ClH/c30-23-29(22-7-4-14-27-28-22)17-24(31-23)12-10-18(11-13-24)15-25-21-9-8-20(16-26-21)19-5-2-1-3-6-19;;/h1-9,14,16,18H,10-13,15,17H2,(H,25,26);2*1H/t18-,24-;;. The molecular formula is C24H27Cl2N5O2. The van der Waals surface area contributed by atoms with Gasteiger partial charge in [0, 0.05) is 24.5 Å². The van der Waals surface area contributed by atoms with E-state index in [0.717, 1.165) is 43.6 Å². The maximum atomic E-state index is 12.4. The molecular weight excluding hydrogens is 461 g/mol. The highest BCUT2D eigenvalue weighted by molar-refractivity contribution is 5.89. The molecule has 3 aromatic rings. The van der Waals surface area contributed by atoms with Crippen molar-refractivity contribution in [3.63, 3.8) is 0 Å². The van der Waals surface area contributed by atoms with E-state index in [1.54, 1.807) is 23.2 Å². The van der Waals surface area contributed by atoms with Crippen LogP contribution in [-0.2, 0) is 4.74 Å². The number of benzene rings is 1. The number of rotatable bonds is 5. The summed E-state index contributed by atoms with van der Waals surface area (Å²) in [5.41, 5.74) is 1.88. The summed E-state index contributed by atoms with van der Waals surface area (Å²) < 4.78 is 5.81. The largest absolute Gasteiger partial charge is 0.441 e. The second-order valence-corrected chi connectivity index (χ2v) is 8.34.